The molecule has 0 bridgehead atoms. The van der Waals surface area contributed by atoms with Crippen LogP contribution in [-0.4, -0.2) is 27.7 Å². The molecule has 0 saturated carbocycles. The Morgan fingerprint density at radius 3 is 2.70 bits per heavy atom. The lowest BCUT2D eigenvalue weighted by Crippen LogP contribution is -2.09. The van der Waals surface area contributed by atoms with Crippen LogP contribution in [0.4, 0.5) is 5.82 Å². The van der Waals surface area contributed by atoms with Gasteiger partial charge in [-0.1, -0.05) is 30.3 Å². The number of aromatic carboxylic acids is 1. The van der Waals surface area contributed by atoms with E-state index in [1.165, 1.54) is 18.3 Å². The van der Waals surface area contributed by atoms with Gasteiger partial charge in [-0.2, -0.15) is 0 Å². The highest BCUT2D eigenvalue weighted by Gasteiger charge is 2.07. The van der Waals surface area contributed by atoms with Crippen LogP contribution < -0.4 is 5.32 Å². The minimum Gasteiger partial charge on any atom is -0.478 e. The summed E-state index contributed by atoms with van der Waals surface area (Å²) in [6.07, 6.45) is 1.41. The van der Waals surface area contributed by atoms with Crippen molar-refractivity contribution in [2.45, 2.75) is 12.5 Å². The van der Waals surface area contributed by atoms with Gasteiger partial charge in [-0.3, -0.25) is 0 Å². The summed E-state index contributed by atoms with van der Waals surface area (Å²) in [4.78, 5) is 14.9. The molecule has 1 aromatic heterocycles. The molecule has 0 unspecified atom stereocenters. The van der Waals surface area contributed by atoms with Crippen molar-refractivity contribution in [1.29, 1.82) is 0 Å². The van der Waals surface area contributed by atoms with E-state index in [1.54, 1.807) is 0 Å². The van der Waals surface area contributed by atoms with E-state index < -0.39 is 12.1 Å². The Bertz CT molecular complexity index is 572. The molecule has 1 aromatic carbocycles. The highest BCUT2D eigenvalue weighted by Crippen LogP contribution is 2.16. The maximum Gasteiger partial charge on any atom is 0.335 e. The maximum absolute atomic E-state index is 10.8. The second kappa shape index (κ2) is 6.68. The number of carboxylic acid groups (broad SMARTS) is 1. The first-order chi connectivity index (χ1) is 9.66. The molecule has 0 spiro atoms. The Kier molecular flexibility index (Phi) is 4.68. The summed E-state index contributed by atoms with van der Waals surface area (Å²) in [5.74, 6) is -0.495. The molecule has 5 heteroatoms. The van der Waals surface area contributed by atoms with Crippen LogP contribution in [0.1, 0.15) is 28.4 Å². The number of carbonyl (C=O) groups is 1. The number of pyridine rings is 1. The van der Waals surface area contributed by atoms with E-state index in [1.807, 2.05) is 30.3 Å². The molecule has 3 N–H and O–H groups in total. The van der Waals surface area contributed by atoms with Gasteiger partial charge < -0.3 is 15.5 Å². The van der Waals surface area contributed by atoms with Crippen LogP contribution in [0.25, 0.3) is 0 Å². The number of benzene rings is 1. The maximum atomic E-state index is 10.8. The molecular weight excluding hydrogens is 256 g/mol. The fourth-order valence-electron chi connectivity index (χ4n) is 1.84. The van der Waals surface area contributed by atoms with Crippen molar-refractivity contribution in [2.75, 3.05) is 11.9 Å². The van der Waals surface area contributed by atoms with Crippen molar-refractivity contribution in [3.05, 3.63) is 59.8 Å². The fourth-order valence-corrected chi connectivity index (χ4v) is 1.84. The third kappa shape index (κ3) is 3.80. The number of rotatable bonds is 6. The summed E-state index contributed by atoms with van der Waals surface area (Å²) in [7, 11) is 0. The number of nitrogens with one attached hydrogen (secondary N) is 1. The summed E-state index contributed by atoms with van der Waals surface area (Å²) < 4.78 is 0. The van der Waals surface area contributed by atoms with Gasteiger partial charge in [0.25, 0.3) is 0 Å². The van der Waals surface area contributed by atoms with E-state index in [2.05, 4.69) is 10.3 Å². The Morgan fingerprint density at radius 2 is 2.00 bits per heavy atom. The zero-order chi connectivity index (χ0) is 14.4. The van der Waals surface area contributed by atoms with Crippen LogP contribution in [0.3, 0.4) is 0 Å². The number of nitrogens with zero attached hydrogens (tertiary/aromatic N) is 1. The highest BCUT2D eigenvalue weighted by atomic mass is 16.4. The average Bonchev–Trinajstić information content (AvgIpc) is 2.48. The minimum absolute atomic E-state index is 0.186. The predicted molar refractivity (Wildman–Crippen MR) is 75.7 cm³/mol. The quantitative estimate of drug-likeness (QED) is 0.751. The van der Waals surface area contributed by atoms with E-state index in [-0.39, 0.29) is 5.56 Å². The first-order valence-electron chi connectivity index (χ1n) is 6.33. The lowest BCUT2D eigenvalue weighted by atomic mass is 10.1. The number of carboxylic acids is 1. The molecule has 0 aliphatic carbocycles. The van der Waals surface area contributed by atoms with Crippen molar-refractivity contribution in [2.24, 2.45) is 0 Å². The molecule has 0 fully saturated rings. The first-order valence-corrected chi connectivity index (χ1v) is 6.33. The van der Waals surface area contributed by atoms with Gasteiger partial charge in [-0.25, -0.2) is 9.78 Å². The van der Waals surface area contributed by atoms with Gasteiger partial charge in [0.2, 0.25) is 0 Å². The van der Waals surface area contributed by atoms with Crippen molar-refractivity contribution in [3.63, 3.8) is 0 Å². The van der Waals surface area contributed by atoms with Crippen molar-refractivity contribution >= 4 is 11.8 Å². The smallest absolute Gasteiger partial charge is 0.335 e. The molecule has 0 radical (unpaired) electrons. The van der Waals surface area contributed by atoms with E-state index in [4.69, 9.17) is 5.11 Å². The van der Waals surface area contributed by atoms with Crippen molar-refractivity contribution in [3.8, 4) is 0 Å². The Hall–Kier alpha value is -2.40. The molecule has 20 heavy (non-hydrogen) atoms. The number of aliphatic hydroxyl groups excluding tert-OH is 1. The monoisotopic (exact) mass is 272 g/mol. The second-order valence-electron chi connectivity index (χ2n) is 4.38. The molecular formula is C15H16N2O3. The number of hydrogen-bond acceptors (Lipinski definition) is 4. The minimum atomic E-state index is -0.986. The van der Waals surface area contributed by atoms with E-state index in [9.17, 15) is 9.90 Å². The average molecular weight is 272 g/mol. The third-order valence-electron chi connectivity index (χ3n) is 2.92. The van der Waals surface area contributed by atoms with Gasteiger partial charge in [0.15, 0.2) is 0 Å². The second-order valence-corrected chi connectivity index (χ2v) is 4.38. The van der Waals surface area contributed by atoms with Gasteiger partial charge in [0.05, 0.1) is 11.7 Å². The molecule has 2 aromatic rings. The van der Waals surface area contributed by atoms with Gasteiger partial charge in [-0.15, -0.1) is 0 Å². The van der Waals surface area contributed by atoms with Crippen molar-refractivity contribution in [1.82, 2.24) is 4.98 Å². The number of anilines is 1. The van der Waals surface area contributed by atoms with Crippen molar-refractivity contribution < 1.29 is 15.0 Å². The summed E-state index contributed by atoms with van der Waals surface area (Å²) in [5.41, 5.74) is 1.05. The van der Waals surface area contributed by atoms with E-state index in [0.29, 0.717) is 18.8 Å². The first kappa shape index (κ1) is 14.0. The molecule has 0 aliphatic rings. The van der Waals surface area contributed by atoms with Crippen LogP contribution in [-0.2, 0) is 0 Å². The van der Waals surface area contributed by atoms with Gasteiger partial charge in [-0.05, 0) is 24.1 Å². The summed E-state index contributed by atoms with van der Waals surface area (Å²) in [6, 6.07) is 12.3. The molecule has 0 amide bonds. The number of aliphatic hydroxyl groups is 1. The molecule has 104 valence electrons. The van der Waals surface area contributed by atoms with Crippen LogP contribution >= 0.6 is 0 Å². The normalized spacial score (nSPS) is 11.8. The van der Waals surface area contributed by atoms with Crippen LogP contribution in [0.2, 0.25) is 0 Å². The van der Waals surface area contributed by atoms with Gasteiger partial charge >= 0.3 is 5.97 Å². The SMILES string of the molecule is O=C(O)c1ccnc(NCC[C@H](O)c2ccccc2)c1. The van der Waals surface area contributed by atoms with Crippen LogP contribution in [0.15, 0.2) is 48.7 Å². The fraction of sp³-hybridized carbons (Fsp3) is 0.200. The van der Waals surface area contributed by atoms with Crippen LogP contribution in [0.5, 0.6) is 0 Å². The van der Waals surface area contributed by atoms with Crippen LogP contribution in [0, 0.1) is 0 Å². The highest BCUT2D eigenvalue weighted by molar-refractivity contribution is 5.88. The molecule has 1 atom stereocenters. The standard InChI is InChI=1S/C15H16N2O3/c18-13(11-4-2-1-3-5-11)7-9-17-14-10-12(15(19)20)6-8-16-14/h1-6,8,10,13,18H,7,9H2,(H,16,17)(H,19,20)/t13-/m0/s1. The molecule has 1 heterocycles. The van der Waals surface area contributed by atoms with Gasteiger partial charge in [0, 0.05) is 12.7 Å². The summed E-state index contributed by atoms with van der Waals surface area (Å²) in [6.45, 7) is 0.506. The predicted octanol–water partition coefficient (Wildman–Crippen LogP) is 2.32. The zero-order valence-corrected chi connectivity index (χ0v) is 10.9. The van der Waals surface area contributed by atoms with E-state index >= 15 is 0 Å². The van der Waals surface area contributed by atoms with E-state index in [0.717, 1.165) is 5.56 Å². The summed E-state index contributed by atoms with van der Waals surface area (Å²) >= 11 is 0. The third-order valence-corrected chi connectivity index (χ3v) is 2.92. The number of hydrogen-bond donors (Lipinski definition) is 3. The topological polar surface area (TPSA) is 82.5 Å². The number of aromatic nitrogens is 1. The molecule has 0 aliphatic heterocycles. The zero-order valence-electron chi connectivity index (χ0n) is 10.9. The lowest BCUT2D eigenvalue weighted by molar-refractivity contribution is 0.0696. The Balaban J connectivity index is 1.87. The Labute approximate surface area is 116 Å². The Morgan fingerprint density at radius 1 is 1.25 bits per heavy atom. The summed E-state index contributed by atoms with van der Waals surface area (Å²) in [5, 5.41) is 21.9. The lowest BCUT2D eigenvalue weighted by Gasteiger charge is -2.12. The molecule has 5 nitrogen and oxygen atoms in total. The molecule has 0 saturated heterocycles. The van der Waals surface area contributed by atoms with Gasteiger partial charge in [0.1, 0.15) is 5.82 Å². The molecule has 2 rings (SSSR count). The largest absolute Gasteiger partial charge is 0.478 e.